The number of amidine groups is 1. The molecule has 8 heteroatoms. The topological polar surface area (TPSA) is 108 Å². The molecule has 3 N–H and O–H groups in total. The van der Waals surface area contributed by atoms with Crippen LogP contribution in [0.1, 0.15) is 23.1 Å². The zero-order valence-corrected chi connectivity index (χ0v) is 15.2. The summed E-state index contributed by atoms with van der Waals surface area (Å²) in [6.45, 7) is 0. The number of nitrogens with zero attached hydrogens (tertiary/aromatic N) is 2. The maximum Gasteiger partial charge on any atom is 0.262 e. The number of thiophene rings is 1. The summed E-state index contributed by atoms with van der Waals surface area (Å²) >= 11 is 2.51. The van der Waals surface area contributed by atoms with Crippen LogP contribution in [0.5, 0.6) is 0 Å². The number of aryl methyl sites for hydroxylation is 1. The summed E-state index contributed by atoms with van der Waals surface area (Å²) < 4.78 is 0. The van der Waals surface area contributed by atoms with Gasteiger partial charge in [-0.3, -0.25) is 9.59 Å². The first kappa shape index (κ1) is 16.8. The number of carbonyl (C=O) groups is 2. The van der Waals surface area contributed by atoms with Gasteiger partial charge in [-0.25, -0.2) is 0 Å². The highest BCUT2D eigenvalue weighted by Crippen LogP contribution is 2.44. The molecule has 1 atom stereocenters. The highest BCUT2D eigenvalue weighted by atomic mass is 32.2. The van der Waals surface area contributed by atoms with E-state index in [0.29, 0.717) is 10.6 Å². The second-order valence-corrected chi connectivity index (χ2v) is 8.27. The summed E-state index contributed by atoms with van der Waals surface area (Å²) in [4.78, 5) is 28.7. The first-order valence-electron chi connectivity index (χ1n) is 8.05. The lowest BCUT2D eigenvalue weighted by Crippen LogP contribution is -2.21. The van der Waals surface area contributed by atoms with Crippen molar-refractivity contribution < 1.29 is 9.59 Å². The third-order valence-corrected chi connectivity index (χ3v) is 6.57. The summed E-state index contributed by atoms with van der Waals surface area (Å²) in [5.41, 5.74) is 9.41. The number of nitriles is 1. The van der Waals surface area contributed by atoms with Crippen LogP contribution in [0.2, 0.25) is 0 Å². The smallest absolute Gasteiger partial charge is 0.262 e. The van der Waals surface area contributed by atoms with Crippen molar-refractivity contribution in [3.63, 3.8) is 0 Å². The van der Waals surface area contributed by atoms with Gasteiger partial charge in [0.2, 0.25) is 5.91 Å². The van der Waals surface area contributed by atoms with E-state index in [1.807, 2.05) is 18.2 Å². The molecule has 0 bridgehead atoms. The van der Waals surface area contributed by atoms with Crippen LogP contribution in [0.15, 0.2) is 29.3 Å². The van der Waals surface area contributed by atoms with E-state index in [0.717, 1.165) is 40.6 Å². The van der Waals surface area contributed by atoms with E-state index in [9.17, 15) is 14.9 Å². The maximum absolute atomic E-state index is 12.4. The van der Waals surface area contributed by atoms with Gasteiger partial charge >= 0.3 is 0 Å². The van der Waals surface area contributed by atoms with Crippen LogP contribution in [0.4, 0.5) is 5.00 Å². The lowest BCUT2D eigenvalue weighted by molar-refractivity contribution is -0.121. The van der Waals surface area contributed by atoms with Gasteiger partial charge < -0.3 is 11.1 Å². The van der Waals surface area contributed by atoms with E-state index in [1.165, 1.54) is 16.9 Å². The SMILES string of the molecule is N#Cc1c(NC(=O)C[C@H]2SC(N)=NC2=O)sc2c1CCc1ccccc1-2. The molecule has 0 saturated heterocycles. The van der Waals surface area contributed by atoms with Gasteiger partial charge in [0.25, 0.3) is 5.91 Å². The predicted octanol–water partition coefficient (Wildman–Crippen LogP) is 2.67. The average Bonchev–Trinajstić information content (AvgIpc) is 3.13. The Morgan fingerprint density at radius 3 is 2.92 bits per heavy atom. The summed E-state index contributed by atoms with van der Waals surface area (Å²) in [7, 11) is 0. The Labute approximate surface area is 158 Å². The molecule has 0 unspecified atom stereocenters. The lowest BCUT2D eigenvalue weighted by Gasteiger charge is -2.15. The molecule has 1 aromatic carbocycles. The Morgan fingerprint density at radius 2 is 2.19 bits per heavy atom. The molecule has 0 spiro atoms. The number of thioether (sulfide) groups is 1. The Balaban J connectivity index is 1.59. The first-order valence-corrected chi connectivity index (χ1v) is 9.75. The Kier molecular flexibility index (Phi) is 4.26. The third kappa shape index (κ3) is 2.89. The number of aliphatic imine (C=N–C) groups is 1. The highest BCUT2D eigenvalue weighted by molar-refractivity contribution is 8.15. The number of amides is 2. The minimum Gasteiger partial charge on any atom is -0.378 e. The fraction of sp³-hybridized carbons (Fsp3) is 0.222. The minimum absolute atomic E-state index is 0.0161. The van der Waals surface area contributed by atoms with Gasteiger partial charge in [0, 0.05) is 11.3 Å². The molecule has 2 amide bonds. The van der Waals surface area contributed by atoms with Crippen molar-refractivity contribution in [3.05, 3.63) is 41.0 Å². The van der Waals surface area contributed by atoms with Crippen LogP contribution < -0.4 is 11.1 Å². The number of hydrogen-bond donors (Lipinski definition) is 2. The van der Waals surface area contributed by atoms with Gasteiger partial charge in [-0.2, -0.15) is 10.3 Å². The molecule has 6 nitrogen and oxygen atoms in total. The summed E-state index contributed by atoms with van der Waals surface area (Å²) in [6.07, 6.45) is 1.65. The second kappa shape index (κ2) is 6.59. The standard InChI is InChI=1S/C18H14N4O2S2/c19-8-12-11-6-5-9-3-1-2-4-10(9)15(11)26-17(12)21-14(23)7-13-16(24)22-18(20)25-13/h1-4,13H,5-7H2,(H,21,23)(H2,20,22,24)/t13-/m1/s1. The van der Waals surface area contributed by atoms with Crippen molar-refractivity contribution >= 4 is 45.1 Å². The Bertz CT molecular complexity index is 1000. The molecule has 0 fully saturated rings. The molecule has 1 aliphatic heterocycles. The van der Waals surface area contributed by atoms with Gasteiger partial charge in [-0.05, 0) is 29.5 Å². The minimum atomic E-state index is -0.587. The number of nitrogens with one attached hydrogen (secondary N) is 1. The van der Waals surface area contributed by atoms with E-state index in [4.69, 9.17) is 5.73 Å². The van der Waals surface area contributed by atoms with Crippen molar-refractivity contribution in [2.45, 2.75) is 24.5 Å². The Morgan fingerprint density at radius 1 is 1.38 bits per heavy atom. The average molecular weight is 382 g/mol. The number of carbonyl (C=O) groups excluding carboxylic acids is 2. The summed E-state index contributed by atoms with van der Waals surface area (Å²) in [6, 6.07) is 10.4. The molecule has 0 radical (unpaired) electrons. The summed E-state index contributed by atoms with van der Waals surface area (Å²) in [5.74, 6) is -0.702. The normalized spacial score (nSPS) is 17.9. The van der Waals surface area contributed by atoms with Gasteiger partial charge in [0.1, 0.15) is 16.3 Å². The molecule has 26 heavy (non-hydrogen) atoms. The zero-order valence-electron chi connectivity index (χ0n) is 13.6. The number of hydrogen-bond acceptors (Lipinski definition) is 6. The molecule has 130 valence electrons. The third-order valence-electron chi connectivity index (χ3n) is 4.41. The lowest BCUT2D eigenvalue weighted by atomic mass is 9.90. The molecular formula is C18H14N4O2S2. The monoisotopic (exact) mass is 382 g/mol. The highest BCUT2D eigenvalue weighted by Gasteiger charge is 2.30. The molecule has 2 heterocycles. The number of fused-ring (bicyclic) bond motifs is 3. The molecule has 1 aliphatic carbocycles. The predicted molar refractivity (Wildman–Crippen MR) is 103 cm³/mol. The van der Waals surface area contributed by atoms with Crippen molar-refractivity contribution in [1.29, 1.82) is 5.26 Å². The van der Waals surface area contributed by atoms with E-state index < -0.39 is 5.25 Å². The van der Waals surface area contributed by atoms with Crippen LogP contribution in [0.25, 0.3) is 10.4 Å². The van der Waals surface area contributed by atoms with Crippen LogP contribution in [-0.4, -0.2) is 22.2 Å². The zero-order chi connectivity index (χ0) is 18.3. The van der Waals surface area contributed by atoms with Crippen molar-refractivity contribution in [2.75, 3.05) is 5.32 Å². The quantitative estimate of drug-likeness (QED) is 0.848. The fourth-order valence-electron chi connectivity index (χ4n) is 3.23. The van der Waals surface area contributed by atoms with E-state index >= 15 is 0 Å². The second-order valence-electron chi connectivity index (χ2n) is 6.03. The molecule has 2 aliphatic rings. The van der Waals surface area contributed by atoms with E-state index in [-0.39, 0.29) is 23.4 Å². The van der Waals surface area contributed by atoms with Crippen molar-refractivity contribution in [1.82, 2.24) is 0 Å². The van der Waals surface area contributed by atoms with Crippen molar-refractivity contribution in [3.8, 4) is 16.5 Å². The molecule has 2 aromatic rings. The van der Waals surface area contributed by atoms with Gasteiger partial charge in [-0.1, -0.05) is 36.0 Å². The molecule has 1 aromatic heterocycles. The fourth-order valence-corrected chi connectivity index (χ4v) is 5.32. The Hall–Kier alpha value is -2.63. The van der Waals surface area contributed by atoms with Crippen LogP contribution >= 0.6 is 23.1 Å². The van der Waals surface area contributed by atoms with Gasteiger partial charge in [0.05, 0.1) is 5.56 Å². The summed E-state index contributed by atoms with van der Waals surface area (Å²) in [5, 5.41) is 12.6. The maximum atomic E-state index is 12.4. The van der Waals surface area contributed by atoms with Crippen LogP contribution in [0.3, 0.4) is 0 Å². The largest absolute Gasteiger partial charge is 0.378 e. The first-order chi connectivity index (χ1) is 12.6. The van der Waals surface area contributed by atoms with E-state index in [2.05, 4.69) is 22.4 Å². The van der Waals surface area contributed by atoms with Crippen LogP contribution in [0, 0.1) is 11.3 Å². The van der Waals surface area contributed by atoms with Crippen LogP contribution in [-0.2, 0) is 22.4 Å². The number of benzene rings is 1. The molecule has 0 saturated carbocycles. The van der Waals surface area contributed by atoms with E-state index in [1.54, 1.807) is 0 Å². The van der Waals surface area contributed by atoms with Gasteiger partial charge in [-0.15, -0.1) is 11.3 Å². The molecular weight excluding hydrogens is 368 g/mol. The van der Waals surface area contributed by atoms with Gasteiger partial charge in [0.15, 0.2) is 5.17 Å². The number of nitrogens with two attached hydrogens (primary N) is 1. The van der Waals surface area contributed by atoms with Crippen molar-refractivity contribution in [2.24, 2.45) is 10.7 Å². The number of rotatable bonds is 3. The molecule has 4 rings (SSSR count). The number of anilines is 1.